The van der Waals surface area contributed by atoms with Crippen LogP contribution in [-0.4, -0.2) is 66.0 Å². The van der Waals surface area contributed by atoms with Crippen molar-refractivity contribution in [3.05, 3.63) is 45.8 Å². The van der Waals surface area contributed by atoms with Crippen LogP contribution in [0.2, 0.25) is 5.02 Å². The zero-order valence-electron chi connectivity index (χ0n) is 19.7. The lowest BCUT2D eigenvalue weighted by atomic mass is 9.94. The average molecular weight is 531 g/mol. The van der Waals surface area contributed by atoms with E-state index in [2.05, 4.69) is 5.10 Å². The number of ether oxygens (including phenoxy) is 1. The molecule has 35 heavy (non-hydrogen) atoms. The Kier molecular flexibility index (Phi) is 7.40. The lowest BCUT2D eigenvalue weighted by Gasteiger charge is -2.37. The van der Waals surface area contributed by atoms with Crippen LogP contribution in [0.3, 0.4) is 0 Å². The van der Waals surface area contributed by atoms with Crippen molar-refractivity contribution in [3.63, 3.8) is 0 Å². The van der Waals surface area contributed by atoms with Crippen LogP contribution in [0.5, 0.6) is 5.75 Å². The fourth-order valence-electron chi connectivity index (χ4n) is 4.34. The second-order valence-electron chi connectivity index (χ2n) is 9.21. The molecule has 2 heterocycles. The van der Waals surface area contributed by atoms with Gasteiger partial charge in [0.05, 0.1) is 23.2 Å². The number of aromatic nitrogens is 2. The summed E-state index contributed by atoms with van der Waals surface area (Å²) in [5, 5.41) is 4.21. The van der Waals surface area contributed by atoms with Crippen molar-refractivity contribution in [3.8, 4) is 11.4 Å². The minimum atomic E-state index is -3.39. The predicted molar refractivity (Wildman–Crippen MR) is 131 cm³/mol. The molecule has 4 rings (SSSR count). The lowest BCUT2D eigenvalue weighted by Crippen LogP contribution is -2.50. The highest BCUT2D eigenvalue weighted by atomic mass is 35.5. The number of benzene rings is 1. The Morgan fingerprint density at radius 1 is 1.14 bits per heavy atom. The molecule has 2 fully saturated rings. The summed E-state index contributed by atoms with van der Waals surface area (Å²) in [5.74, 6) is -2.70. The Morgan fingerprint density at radius 2 is 1.80 bits per heavy atom. The van der Waals surface area contributed by atoms with Gasteiger partial charge < -0.3 is 9.64 Å². The molecule has 0 spiro atoms. The molecular weight excluding hydrogens is 502 g/mol. The molecule has 2 aromatic rings. The number of anilines is 1. The van der Waals surface area contributed by atoms with Gasteiger partial charge in [-0.2, -0.15) is 14.1 Å². The third kappa shape index (κ3) is 5.62. The first-order valence-electron chi connectivity index (χ1n) is 11.6. The van der Waals surface area contributed by atoms with Gasteiger partial charge in [0.2, 0.25) is 21.7 Å². The van der Waals surface area contributed by atoms with Crippen LogP contribution in [-0.2, 0) is 10.0 Å². The molecule has 1 saturated heterocycles. The SMILES string of the molecule is CC(C)S(=O)(=O)N1CCN(c2cnn(-c3cccc(Cl)c3)c(=O)c2OC2CCC(F)(F)CC2)CC1. The first-order valence-corrected chi connectivity index (χ1v) is 13.5. The van der Waals surface area contributed by atoms with Crippen LogP contribution in [0.1, 0.15) is 39.5 Å². The van der Waals surface area contributed by atoms with Gasteiger partial charge in [0.1, 0.15) is 5.69 Å². The molecule has 0 amide bonds. The summed E-state index contributed by atoms with van der Waals surface area (Å²) in [6.07, 6.45) is 0.636. The average Bonchev–Trinajstić information content (AvgIpc) is 2.81. The number of sulfonamides is 1. The predicted octanol–water partition coefficient (Wildman–Crippen LogP) is 3.70. The van der Waals surface area contributed by atoms with Crippen LogP contribution in [0.15, 0.2) is 35.3 Å². The van der Waals surface area contributed by atoms with E-state index in [1.54, 1.807) is 38.1 Å². The fourth-order valence-corrected chi connectivity index (χ4v) is 5.79. The van der Waals surface area contributed by atoms with Crippen molar-refractivity contribution in [1.29, 1.82) is 0 Å². The second kappa shape index (κ2) is 10.0. The fraction of sp³-hybridized carbons (Fsp3) is 0.565. The number of halogens is 3. The quantitative estimate of drug-likeness (QED) is 0.566. The van der Waals surface area contributed by atoms with E-state index in [1.165, 1.54) is 15.2 Å². The van der Waals surface area contributed by atoms with Crippen molar-refractivity contribution in [2.24, 2.45) is 0 Å². The highest BCUT2D eigenvalue weighted by molar-refractivity contribution is 7.89. The maximum Gasteiger partial charge on any atom is 0.316 e. The summed E-state index contributed by atoms with van der Waals surface area (Å²) in [4.78, 5) is 15.4. The highest BCUT2D eigenvalue weighted by Gasteiger charge is 2.37. The Balaban J connectivity index is 1.65. The summed E-state index contributed by atoms with van der Waals surface area (Å²) in [7, 11) is -3.39. The summed E-state index contributed by atoms with van der Waals surface area (Å²) >= 11 is 6.09. The van der Waals surface area contributed by atoms with Crippen molar-refractivity contribution in [2.75, 3.05) is 31.1 Å². The van der Waals surface area contributed by atoms with Gasteiger partial charge in [-0.3, -0.25) is 4.79 Å². The van der Waals surface area contributed by atoms with Gasteiger partial charge in [-0.1, -0.05) is 17.7 Å². The molecule has 1 aliphatic carbocycles. The van der Waals surface area contributed by atoms with E-state index in [1.807, 2.05) is 4.90 Å². The molecule has 12 heteroatoms. The third-order valence-electron chi connectivity index (χ3n) is 6.45. The normalized spacial score (nSPS) is 19.8. The van der Waals surface area contributed by atoms with Gasteiger partial charge in [-0.05, 0) is 44.9 Å². The summed E-state index contributed by atoms with van der Waals surface area (Å²) in [5.41, 5.74) is 0.341. The molecular formula is C23H29ClF2N4O4S. The third-order valence-corrected chi connectivity index (χ3v) is 8.96. The van der Waals surface area contributed by atoms with E-state index in [4.69, 9.17) is 16.3 Å². The Labute approximate surface area is 208 Å². The van der Waals surface area contributed by atoms with Gasteiger partial charge in [-0.15, -0.1) is 0 Å². The highest BCUT2D eigenvalue weighted by Crippen LogP contribution is 2.36. The van der Waals surface area contributed by atoms with Gasteiger partial charge >= 0.3 is 5.56 Å². The zero-order valence-corrected chi connectivity index (χ0v) is 21.2. The van der Waals surface area contributed by atoms with E-state index >= 15 is 0 Å². The van der Waals surface area contributed by atoms with Crippen LogP contribution in [0.4, 0.5) is 14.5 Å². The summed E-state index contributed by atoms with van der Waals surface area (Å²) in [6.45, 7) is 4.47. The molecule has 0 N–H and O–H groups in total. The van der Waals surface area contributed by atoms with Gasteiger partial charge in [0, 0.05) is 44.0 Å². The molecule has 0 unspecified atom stereocenters. The number of rotatable bonds is 6. The molecule has 8 nitrogen and oxygen atoms in total. The smallest absolute Gasteiger partial charge is 0.316 e. The van der Waals surface area contributed by atoms with Crippen LogP contribution in [0, 0.1) is 0 Å². The molecule has 0 atom stereocenters. The van der Waals surface area contributed by atoms with Crippen molar-refractivity contribution >= 4 is 27.3 Å². The maximum atomic E-state index is 13.7. The molecule has 1 aliphatic heterocycles. The van der Waals surface area contributed by atoms with Crippen LogP contribution < -0.4 is 15.2 Å². The van der Waals surface area contributed by atoms with Crippen LogP contribution in [0.25, 0.3) is 5.69 Å². The van der Waals surface area contributed by atoms with Gasteiger partial charge in [-0.25, -0.2) is 17.2 Å². The monoisotopic (exact) mass is 530 g/mol. The second-order valence-corrected chi connectivity index (χ2v) is 12.1. The Bertz CT molecular complexity index is 1220. The lowest BCUT2D eigenvalue weighted by molar-refractivity contribution is -0.0584. The number of hydrogen-bond acceptors (Lipinski definition) is 6. The number of alkyl halides is 2. The molecule has 192 valence electrons. The molecule has 0 radical (unpaired) electrons. The van der Waals surface area contributed by atoms with E-state index in [0.29, 0.717) is 29.5 Å². The minimum Gasteiger partial charge on any atom is -0.483 e. The molecule has 1 saturated carbocycles. The van der Waals surface area contributed by atoms with Crippen LogP contribution >= 0.6 is 11.6 Å². The molecule has 0 bridgehead atoms. The first-order chi connectivity index (χ1) is 16.5. The summed E-state index contributed by atoms with van der Waals surface area (Å²) < 4.78 is 61.1. The minimum absolute atomic E-state index is 0.0235. The van der Waals surface area contributed by atoms with Gasteiger partial charge in [0.25, 0.3) is 0 Å². The molecule has 2 aliphatic rings. The Hall–Kier alpha value is -2.24. The van der Waals surface area contributed by atoms with Crippen molar-refractivity contribution in [1.82, 2.24) is 14.1 Å². The molecule has 1 aromatic heterocycles. The van der Waals surface area contributed by atoms with E-state index < -0.39 is 32.9 Å². The van der Waals surface area contributed by atoms with Gasteiger partial charge in [0.15, 0.2) is 0 Å². The van der Waals surface area contributed by atoms with E-state index in [-0.39, 0.29) is 44.5 Å². The Morgan fingerprint density at radius 3 is 2.40 bits per heavy atom. The standard InChI is InChI=1S/C23H29ClF2N4O4S/c1-16(2)35(32,33)29-12-10-28(11-13-29)20-15-27-30(18-5-3-4-17(24)14-18)22(31)21(20)34-19-6-8-23(25,26)9-7-19/h3-5,14-16,19H,6-13H2,1-2H3. The molecule has 1 aromatic carbocycles. The first kappa shape index (κ1) is 25.8. The van der Waals surface area contributed by atoms with Crippen molar-refractivity contribution < 1.29 is 21.9 Å². The van der Waals surface area contributed by atoms with E-state index in [0.717, 1.165) is 0 Å². The number of piperazine rings is 1. The largest absolute Gasteiger partial charge is 0.483 e. The van der Waals surface area contributed by atoms with Crippen molar-refractivity contribution in [2.45, 2.75) is 56.8 Å². The number of nitrogens with zero attached hydrogens (tertiary/aromatic N) is 4. The zero-order chi connectivity index (χ0) is 25.4. The summed E-state index contributed by atoms with van der Waals surface area (Å²) in [6, 6.07) is 6.64. The maximum absolute atomic E-state index is 13.7. The van der Waals surface area contributed by atoms with E-state index in [9.17, 15) is 22.0 Å². The topological polar surface area (TPSA) is 84.7 Å². The number of hydrogen-bond donors (Lipinski definition) is 0.